The number of rotatable bonds is 5. The van der Waals surface area contributed by atoms with Crippen molar-refractivity contribution in [1.82, 2.24) is 9.97 Å². The Kier molecular flexibility index (Phi) is 6.34. The number of anilines is 2. The van der Waals surface area contributed by atoms with Crippen LogP contribution in [0.25, 0.3) is 5.57 Å². The molecule has 2 aromatic rings. The zero-order valence-corrected chi connectivity index (χ0v) is 16.2. The van der Waals surface area contributed by atoms with Gasteiger partial charge >= 0.3 is 6.18 Å². The lowest BCUT2D eigenvalue weighted by Gasteiger charge is -2.22. The maximum absolute atomic E-state index is 12.9. The molecule has 0 bridgehead atoms. The first-order chi connectivity index (χ1) is 13.8. The Hall–Kier alpha value is -2.71. The van der Waals surface area contributed by atoms with Crippen LogP contribution < -0.4 is 4.90 Å². The van der Waals surface area contributed by atoms with Gasteiger partial charge in [-0.2, -0.15) is 13.2 Å². The fraction of sp³-hybridized carbons (Fsp3) is 0.250. The predicted molar refractivity (Wildman–Crippen MR) is 104 cm³/mol. The van der Waals surface area contributed by atoms with Gasteiger partial charge in [-0.05, 0) is 54.8 Å². The zero-order valence-electron chi connectivity index (χ0n) is 15.4. The molecule has 1 aliphatic carbocycles. The van der Waals surface area contributed by atoms with Gasteiger partial charge in [-0.15, -0.1) is 0 Å². The lowest BCUT2D eigenvalue weighted by Crippen LogP contribution is -2.31. The van der Waals surface area contributed by atoms with Crippen LogP contribution in [0, 0.1) is 0 Å². The summed E-state index contributed by atoms with van der Waals surface area (Å²) in [7, 11) is 1.35. The summed E-state index contributed by atoms with van der Waals surface area (Å²) in [5.41, 5.74) is 0.719. The highest BCUT2D eigenvalue weighted by Crippen LogP contribution is 2.32. The topological polar surface area (TPSA) is 55.3 Å². The minimum Gasteiger partial charge on any atom is -0.375 e. The number of halogens is 4. The third-order valence-electron chi connectivity index (χ3n) is 4.17. The number of alkyl halides is 3. The molecule has 1 aromatic carbocycles. The van der Waals surface area contributed by atoms with E-state index in [0.717, 1.165) is 35.4 Å². The molecule has 29 heavy (non-hydrogen) atoms. The second-order valence-electron chi connectivity index (χ2n) is 6.24. The molecular weight excluding hydrogens is 407 g/mol. The van der Waals surface area contributed by atoms with Crippen molar-refractivity contribution in [3.05, 3.63) is 65.0 Å². The average molecular weight is 424 g/mol. The van der Waals surface area contributed by atoms with E-state index in [0.29, 0.717) is 10.7 Å². The van der Waals surface area contributed by atoms with Crippen LogP contribution in [0.5, 0.6) is 0 Å². The van der Waals surface area contributed by atoms with Gasteiger partial charge in [-0.1, -0.05) is 17.7 Å². The van der Waals surface area contributed by atoms with Crippen LogP contribution in [0.1, 0.15) is 24.1 Å². The third-order valence-corrected chi connectivity index (χ3v) is 4.47. The zero-order chi connectivity index (χ0) is 21.0. The average Bonchev–Trinajstić information content (AvgIpc) is 2.68. The van der Waals surface area contributed by atoms with Crippen LogP contribution in [-0.2, 0) is 15.7 Å². The lowest BCUT2D eigenvalue weighted by molar-refractivity contribution is -0.137. The number of carbonyl (C=O) groups is 1. The molecular formula is C20H17ClF3N3O2. The largest absolute Gasteiger partial charge is 0.416 e. The molecule has 0 saturated carbocycles. The fourth-order valence-corrected chi connectivity index (χ4v) is 3.05. The van der Waals surface area contributed by atoms with Crippen molar-refractivity contribution in [2.75, 3.05) is 18.6 Å². The summed E-state index contributed by atoms with van der Waals surface area (Å²) in [6.07, 6.45) is 2.26. The van der Waals surface area contributed by atoms with Gasteiger partial charge in [0.2, 0.25) is 5.95 Å². The highest BCUT2D eigenvalue weighted by Gasteiger charge is 2.31. The Balaban J connectivity index is 2.01. The fourth-order valence-electron chi connectivity index (χ4n) is 2.82. The van der Waals surface area contributed by atoms with Crippen LogP contribution in [0.2, 0.25) is 0 Å². The van der Waals surface area contributed by atoms with Crippen molar-refractivity contribution in [2.45, 2.75) is 19.0 Å². The van der Waals surface area contributed by atoms with Gasteiger partial charge in [0.1, 0.15) is 6.61 Å². The molecule has 5 nitrogen and oxygen atoms in total. The van der Waals surface area contributed by atoms with Gasteiger partial charge in [0.25, 0.3) is 5.91 Å². The van der Waals surface area contributed by atoms with Crippen molar-refractivity contribution in [1.29, 1.82) is 0 Å². The number of carbonyl (C=O) groups excluding carboxylic acids is 1. The molecule has 0 unspecified atom stereocenters. The van der Waals surface area contributed by atoms with Gasteiger partial charge in [0, 0.05) is 18.3 Å². The minimum absolute atomic E-state index is 0.0281. The van der Waals surface area contributed by atoms with Crippen LogP contribution in [-0.4, -0.2) is 29.6 Å². The number of hydrogen-bond acceptors (Lipinski definition) is 4. The molecule has 0 radical (unpaired) electrons. The summed E-state index contributed by atoms with van der Waals surface area (Å²) in [6.45, 7) is -0.289. The molecule has 0 saturated heterocycles. The van der Waals surface area contributed by atoms with E-state index in [9.17, 15) is 18.0 Å². The van der Waals surface area contributed by atoms with E-state index < -0.39 is 17.6 Å². The van der Waals surface area contributed by atoms with Crippen molar-refractivity contribution in [3.8, 4) is 0 Å². The quantitative estimate of drug-likeness (QED) is 0.671. The van der Waals surface area contributed by atoms with E-state index in [4.69, 9.17) is 16.3 Å². The lowest BCUT2D eigenvalue weighted by atomic mass is 10.0. The number of allylic oxidation sites excluding steroid dienone is 4. The van der Waals surface area contributed by atoms with Crippen LogP contribution in [0.3, 0.4) is 0 Å². The number of hydrogen-bond donors (Lipinski definition) is 0. The number of benzene rings is 1. The van der Waals surface area contributed by atoms with E-state index in [1.54, 1.807) is 12.1 Å². The Bertz CT molecular complexity index is 956. The number of aromatic nitrogens is 2. The second kappa shape index (κ2) is 8.75. The Morgan fingerprint density at radius 3 is 2.59 bits per heavy atom. The minimum atomic E-state index is -4.48. The van der Waals surface area contributed by atoms with E-state index in [-0.39, 0.29) is 18.2 Å². The summed E-state index contributed by atoms with van der Waals surface area (Å²) in [5, 5.41) is 0.692. The van der Waals surface area contributed by atoms with Crippen LogP contribution in [0.15, 0.2) is 53.7 Å². The van der Waals surface area contributed by atoms with Crippen LogP contribution in [0.4, 0.5) is 24.8 Å². The van der Waals surface area contributed by atoms with E-state index in [1.165, 1.54) is 25.4 Å². The molecule has 0 spiro atoms. The van der Waals surface area contributed by atoms with E-state index >= 15 is 0 Å². The maximum Gasteiger partial charge on any atom is 0.416 e. The van der Waals surface area contributed by atoms with Crippen molar-refractivity contribution in [3.63, 3.8) is 0 Å². The molecule has 1 aromatic heterocycles. The predicted octanol–water partition coefficient (Wildman–Crippen LogP) is 5.11. The van der Waals surface area contributed by atoms with Gasteiger partial charge in [-0.3, -0.25) is 4.79 Å². The normalized spacial score (nSPS) is 14.2. The second-order valence-corrected chi connectivity index (χ2v) is 6.72. The first-order valence-corrected chi connectivity index (χ1v) is 9.06. The number of ether oxygens (including phenoxy) is 1. The standard InChI is InChI=1S/C20H17ClF3N3O2/c1-29-12-18(28)27(16-7-5-14(6-8-16)20(22,23)24)19-25-10-9-17(26-19)13-3-2-4-15(21)11-13/h3,5-11H,2,4,12H2,1H3. The molecule has 152 valence electrons. The Morgan fingerprint density at radius 1 is 1.24 bits per heavy atom. The van der Waals surface area contributed by atoms with E-state index in [2.05, 4.69) is 9.97 Å². The number of amides is 1. The summed E-state index contributed by atoms with van der Waals surface area (Å²) >= 11 is 6.11. The molecule has 3 rings (SSSR count). The summed E-state index contributed by atoms with van der Waals surface area (Å²) in [5.74, 6) is -0.490. The Morgan fingerprint density at radius 2 is 1.97 bits per heavy atom. The summed E-state index contributed by atoms with van der Waals surface area (Å²) in [4.78, 5) is 22.3. The summed E-state index contributed by atoms with van der Waals surface area (Å²) in [6, 6.07) is 5.87. The number of methoxy groups -OCH3 is 1. The molecule has 0 aliphatic heterocycles. The smallest absolute Gasteiger partial charge is 0.375 e. The van der Waals surface area contributed by atoms with Gasteiger partial charge in [0.05, 0.1) is 16.9 Å². The van der Waals surface area contributed by atoms with Gasteiger partial charge in [-0.25, -0.2) is 14.9 Å². The SMILES string of the molecule is COCC(=O)N(c1ccc(C(F)(F)F)cc1)c1nccc(C2=CCCC(Cl)=C2)n1. The third kappa shape index (κ3) is 5.02. The molecule has 0 fully saturated rings. The van der Waals surface area contributed by atoms with Gasteiger partial charge in [0.15, 0.2) is 0 Å². The highest BCUT2D eigenvalue weighted by atomic mass is 35.5. The van der Waals surface area contributed by atoms with Crippen LogP contribution >= 0.6 is 11.6 Å². The maximum atomic E-state index is 12.9. The molecule has 1 heterocycles. The number of nitrogens with zero attached hydrogens (tertiary/aromatic N) is 3. The molecule has 1 amide bonds. The summed E-state index contributed by atoms with van der Waals surface area (Å²) < 4.78 is 43.5. The molecule has 0 N–H and O–H groups in total. The van der Waals surface area contributed by atoms with Gasteiger partial charge < -0.3 is 4.74 Å². The van der Waals surface area contributed by atoms with Crippen molar-refractivity contribution < 1.29 is 22.7 Å². The molecule has 9 heteroatoms. The first kappa shape index (κ1) is 21.0. The monoisotopic (exact) mass is 423 g/mol. The van der Waals surface area contributed by atoms with Crippen molar-refractivity contribution >= 4 is 34.7 Å². The van der Waals surface area contributed by atoms with Crippen molar-refractivity contribution in [2.24, 2.45) is 0 Å². The Labute approximate surface area is 170 Å². The first-order valence-electron chi connectivity index (χ1n) is 8.68. The van der Waals surface area contributed by atoms with E-state index in [1.807, 2.05) is 6.08 Å². The molecule has 1 aliphatic rings. The highest BCUT2D eigenvalue weighted by molar-refractivity contribution is 6.30. The molecule has 0 atom stereocenters.